The third-order valence-corrected chi connectivity index (χ3v) is 3.21. The molecule has 2 N–H and O–H groups in total. The van der Waals surface area contributed by atoms with E-state index in [1.54, 1.807) is 24.3 Å². The minimum absolute atomic E-state index is 0.359. The van der Waals surface area contributed by atoms with E-state index >= 15 is 0 Å². The number of carbonyl (C=O) groups excluding carboxylic acids is 2. The Bertz CT molecular complexity index is 834. The Kier molecular flexibility index (Phi) is 5.36. The molecule has 0 saturated carbocycles. The van der Waals surface area contributed by atoms with Crippen LogP contribution in [0.25, 0.3) is 0 Å². The van der Waals surface area contributed by atoms with Gasteiger partial charge in [0.25, 0.3) is 11.8 Å². The van der Waals surface area contributed by atoms with E-state index in [1.165, 1.54) is 49.2 Å². The van der Waals surface area contributed by atoms with Gasteiger partial charge in [0.05, 0.1) is 25.0 Å². The van der Waals surface area contributed by atoms with Crippen molar-refractivity contribution in [1.82, 2.24) is 10.9 Å². The maximum absolute atomic E-state index is 12.0. The molecule has 0 bridgehead atoms. The second kappa shape index (κ2) is 8.25. The molecule has 8 nitrogen and oxygen atoms in total. The number of furan rings is 2. The number of nitrogens with zero attached hydrogens (tertiary/aromatic N) is 2. The molecule has 1 aromatic carbocycles. The topological polar surface area (TPSA) is 109 Å². The number of carbonyl (C=O) groups is 2. The van der Waals surface area contributed by atoms with Gasteiger partial charge in [-0.2, -0.15) is 10.2 Å². The van der Waals surface area contributed by atoms with Gasteiger partial charge in [0, 0.05) is 11.1 Å². The molecule has 2 aromatic heterocycles. The summed E-state index contributed by atoms with van der Waals surface area (Å²) in [6, 6.07) is 12.9. The lowest BCUT2D eigenvalue weighted by Crippen LogP contribution is -2.19. The zero-order chi connectivity index (χ0) is 18.2. The highest BCUT2D eigenvalue weighted by molar-refractivity contribution is 5.98. The van der Waals surface area contributed by atoms with E-state index in [2.05, 4.69) is 21.1 Å². The normalized spacial score (nSPS) is 11.1. The minimum Gasteiger partial charge on any atom is -0.463 e. The van der Waals surface area contributed by atoms with E-state index in [0.717, 1.165) is 0 Å². The number of nitrogens with one attached hydrogen (secondary N) is 2. The van der Waals surface area contributed by atoms with Crippen LogP contribution < -0.4 is 10.9 Å². The number of amides is 2. The monoisotopic (exact) mass is 350 g/mol. The second-order valence-corrected chi connectivity index (χ2v) is 5.01. The molecule has 0 fully saturated rings. The SMILES string of the molecule is O=C(N/N=C/c1ccco1)c1ccc(C(=O)N/N=C/c2ccco2)cc1. The molecule has 8 heteroatoms. The summed E-state index contributed by atoms with van der Waals surface area (Å²) in [5, 5.41) is 7.57. The summed E-state index contributed by atoms with van der Waals surface area (Å²) < 4.78 is 10.1. The maximum atomic E-state index is 12.0. The van der Waals surface area contributed by atoms with Crippen LogP contribution in [0.3, 0.4) is 0 Å². The van der Waals surface area contributed by atoms with E-state index < -0.39 is 11.8 Å². The summed E-state index contributed by atoms with van der Waals surface area (Å²) in [6.45, 7) is 0. The first-order valence-electron chi connectivity index (χ1n) is 7.56. The van der Waals surface area contributed by atoms with Crippen molar-refractivity contribution in [3.8, 4) is 0 Å². The van der Waals surface area contributed by atoms with Gasteiger partial charge in [0.2, 0.25) is 0 Å². The van der Waals surface area contributed by atoms with Crippen LogP contribution in [-0.2, 0) is 0 Å². The Morgan fingerprint density at radius 2 is 1.15 bits per heavy atom. The van der Waals surface area contributed by atoms with Crippen molar-refractivity contribution in [2.75, 3.05) is 0 Å². The number of rotatable bonds is 6. The lowest BCUT2D eigenvalue weighted by molar-refractivity contribution is 0.0943. The Balaban J connectivity index is 1.53. The van der Waals surface area contributed by atoms with Crippen molar-refractivity contribution >= 4 is 24.2 Å². The molecule has 0 aliphatic carbocycles. The summed E-state index contributed by atoms with van der Waals surface area (Å²) in [6.07, 6.45) is 5.78. The number of hydrazone groups is 2. The quantitative estimate of drug-likeness (QED) is 0.525. The van der Waals surface area contributed by atoms with Gasteiger partial charge in [-0.25, -0.2) is 10.9 Å². The Hall–Kier alpha value is -3.94. The van der Waals surface area contributed by atoms with Crippen molar-refractivity contribution in [3.05, 3.63) is 83.7 Å². The predicted molar refractivity (Wildman–Crippen MR) is 94.0 cm³/mol. The molecule has 0 spiro atoms. The summed E-state index contributed by atoms with van der Waals surface area (Å²) >= 11 is 0. The van der Waals surface area contributed by atoms with Crippen LogP contribution in [0.4, 0.5) is 0 Å². The van der Waals surface area contributed by atoms with Gasteiger partial charge < -0.3 is 8.83 Å². The van der Waals surface area contributed by atoms with Gasteiger partial charge >= 0.3 is 0 Å². The molecule has 2 amide bonds. The second-order valence-electron chi connectivity index (χ2n) is 5.01. The van der Waals surface area contributed by atoms with Crippen LogP contribution in [0.2, 0.25) is 0 Å². The molecule has 0 unspecified atom stereocenters. The average Bonchev–Trinajstić information content (AvgIpc) is 3.36. The molecule has 0 saturated heterocycles. The Morgan fingerprint density at radius 3 is 1.50 bits per heavy atom. The molecular weight excluding hydrogens is 336 g/mol. The smallest absolute Gasteiger partial charge is 0.271 e. The zero-order valence-electron chi connectivity index (χ0n) is 13.5. The molecule has 0 atom stereocenters. The highest BCUT2D eigenvalue weighted by Gasteiger charge is 2.08. The predicted octanol–water partition coefficient (Wildman–Crippen LogP) is 2.40. The molecular formula is C18H14N4O4. The zero-order valence-corrected chi connectivity index (χ0v) is 13.5. The average molecular weight is 350 g/mol. The van der Waals surface area contributed by atoms with Crippen LogP contribution in [0.15, 0.2) is 80.1 Å². The van der Waals surface area contributed by atoms with Crippen LogP contribution in [0.5, 0.6) is 0 Å². The van der Waals surface area contributed by atoms with E-state index in [-0.39, 0.29) is 0 Å². The number of benzene rings is 1. The third kappa shape index (κ3) is 4.54. The van der Waals surface area contributed by atoms with Crippen molar-refractivity contribution in [1.29, 1.82) is 0 Å². The Morgan fingerprint density at radius 1 is 0.731 bits per heavy atom. The lowest BCUT2D eigenvalue weighted by atomic mass is 10.1. The van der Waals surface area contributed by atoms with Crippen LogP contribution >= 0.6 is 0 Å². The fraction of sp³-hybridized carbons (Fsp3) is 0. The van der Waals surface area contributed by atoms with Crippen LogP contribution in [0.1, 0.15) is 32.2 Å². The van der Waals surface area contributed by atoms with Crippen molar-refractivity contribution in [3.63, 3.8) is 0 Å². The summed E-state index contributed by atoms with van der Waals surface area (Å²) in [4.78, 5) is 23.9. The first kappa shape index (κ1) is 16.9. The molecule has 0 radical (unpaired) electrons. The number of hydrogen-bond donors (Lipinski definition) is 2. The summed E-state index contributed by atoms with van der Waals surface area (Å²) in [7, 11) is 0. The fourth-order valence-electron chi connectivity index (χ4n) is 1.94. The molecule has 2 heterocycles. The third-order valence-electron chi connectivity index (χ3n) is 3.21. The maximum Gasteiger partial charge on any atom is 0.271 e. The fourth-order valence-corrected chi connectivity index (χ4v) is 1.94. The van der Waals surface area contributed by atoms with Crippen molar-refractivity contribution in [2.45, 2.75) is 0 Å². The molecule has 26 heavy (non-hydrogen) atoms. The highest BCUT2D eigenvalue weighted by atomic mass is 16.3. The van der Waals surface area contributed by atoms with Crippen LogP contribution in [-0.4, -0.2) is 24.2 Å². The summed E-state index contributed by atoms with van der Waals surface area (Å²) in [5.74, 6) is 0.228. The number of hydrogen-bond acceptors (Lipinski definition) is 6. The lowest BCUT2D eigenvalue weighted by Gasteiger charge is -2.02. The van der Waals surface area contributed by atoms with Crippen molar-refractivity contribution < 1.29 is 18.4 Å². The molecule has 0 aliphatic heterocycles. The van der Waals surface area contributed by atoms with Gasteiger partial charge in [-0.15, -0.1) is 0 Å². The molecule has 3 rings (SSSR count). The highest BCUT2D eigenvalue weighted by Crippen LogP contribution is 2.05. The van der Waals surface area contributed by atoms with Gasteiger partial charge in [0.15, 0.2) is 0 Å². The van der Waals surface area contributed by atoms with E-state index in [9.17, 15) is 9.59 Å². The van der Waals surface area contributed by atoms with Gasteiger partial charge in [-0.3, -0.25) is 9.59 Å². The summed E-state index contributed by atoms with van der Waals surface area (Å²) in [5.41, 5.74) is 5.46. The first-order chi connectivity index (χ1) is 12.7. The van der Waals surface area contributed by atoms with Gasteiger partial charge in [0.1, 0.15) is 11.5 Å². The molecule has 130 valence electrons. The first-order valence-corrected chi connectivity index (χ1v) is 7.56. The minimum atomic E-state index is -0.407. The van der Waals surface area contributed by atoms with Crippen molar-refractivity contribution in [2.24, 2.45) is 10.2 Å². The van der Waals surface area contributed by atoms with E-state index in [0.29, 0.717) is 22.6 Å². The van der Waals surface area contributed by atoms with E-state index in [4.69, 9.17) is 8.83 Å². The Labute approximate surface area is 148 Å². The molecule has 3 aromatic rings. The standard InChI is InChI=1S/C18H14N4O4/c23-17(21-19-11-15-3-1-9-25-15)13-5-7-14(8-6-13)18(24)22-20-12-16-4-2-10-26-16/h1-12H,(H,21,23)(H,22,24)/b19-11+,20-12+. The van der Waals surface area contributed by atoms with Crippen LogP contribution in [0, 0.1) is 0 Å². The molecule has 0 aliphatic rings. The largest absolute Gasteiger partial charge is 0.463 e. The van der Waals surface area contributed by atoms with Gasteiger partial charge in [-0.05, 0) is 48.5 Å². The van der Waals surface area contributed by atoms with E-state index in [1.807, 2.05) is 0 Å². The van der Waals surface area contributed by atoms with Gasteiger partial charge in [-0.1, -0.05) is 0 Å².